The van der Waals surface area contributed by atoms with E-state index in [-0.39, 0.29) is 5.75 Å². The van der Waals surface area contributed by atoms with Crippen LogP contribution in [0.2, 0.25) is 0 Å². The molecule has 0 bridgehead atoms. The Morgan fingerprint density at radius 2 is 2.39 bits per heavy atom. The van der Waals surface area contributed by atoms with Crippen molar-refractivity contribution in [2.75, 3.05) is 19.8 Å². The zero-order valence-corrected chi connectivity index (χ0v) is 10.8. The summed E-state index contributed by atoms with van der Waals surface area (Å²) in [7, 11) is 0. The van der Waals surface area contributed by atoms with Gasteiger partial charge < -0.3 is 19.9 Å². The van der Waals surface area contributed by atoms with Crippen LogP contribution in [0.15, 0.2) is 18.2 Å². The molecule has 18 heavy (non-hydrogen) atoms. The largest absolute Gasteiger partial charge is 0.504 e. The number of phenolic OH excluding ortho intramolecular Hbond substituents is 1. The smallest absolute Gasteiger partial charge is 0.161 e. The van der Waals surface area contributed by atoms with Crippen molar-refractivity contribution in [1.29, 1.82) is 0 Å². The van der Waals surface area contributed by atoms with Crippen molar-refractivity contribution in [1.82, 2.24) is 5.32 Å². The SMILES string of the molecule is CCOc1cc(CNCC2CCCO2)ccc1O. The minimum Gasteiger partial charge on any atom is -0.504 e. The molecule has 0 aliphatic carbocycles. The van der Waals surface area contributed by atoms with Gasteiger partial charge in [0.1, 0.15) is 0 Å². The number of hydrogen-bond donors (Lipinski definition) is 2. The third-order valence-electron chi connectivity index (χ3n) is 3.05. The maximum absolute atomic E-state index is 9.60. The molecular formula is C14H21NO3. The molecule has 0 aromatic heterocycles. The molecule has 0 saturated carbocycles. The molecule has 2 N–H and O–H groups in total. The van der Waals surface area contributed by atoms with E-state index in [0.29, 0.717) is 18.5 Å². The van der Waals surface area contributed by atoms with Gasteiger partial charge in [-0.1, -0.05) is 6.07 Å². The van der Waals surface area contributed by atoms with E-state index >= 15 is 0 Å². The van der Waals surface area contributed by atoms with E-state index in [1.54, 1.807) is 6.07 Å². The Morgan fingerprint density at radius 3 is 3.11 bits per heavy atom. The summed E-state index contributed by atoms with van der Waals surface area (Å²) in [6.07, 6.45) is 2.67. The molecule has 0 amide bonds. The van der Waals surface area contributed by atoms with E-state index in [1.165, 1.54) is 6.42 Å². The van der Waals surface area contributed by atoms with Gasteiger partial charge in [-0.05, 0) is 37.5 Å². The van der Waals surface area contributed by atoms with E-state index < -0.39 is 0 Å². The standard InChI is InChI=1S/C14H21NO3/c1-2-17-14-8-11(5-6-13(14)16)9-15-10-12-4-3-7-18-12/h5-6,8,12,15-16H,2-4,7,9-10H2,1H3. The molecule has 1 aliphatic heterocycles. The van der Waals surface area contributed by atoms with E-state index in [2.05, 4.69) is 5.32 Å². The fraction of sp³-hybridized carbons (Fsp3) is 0.571. The molecule has 1 fully saturated rings. The van der Waals surface area contributed by atoms with Crippen molar-refractivity contribution in [2.24, 2.45) is 0 Å². The highest BCUT2D eigenvalue weighted by Crippen LogP contribution is 2.26. The van der Waals surface area contributed by atoms with Gasteiger partial charge in [0.05, 0.1) is 12.7 Å². The highest BCUT2D eigenvalue weighted by atomic mass is 16.5. The minimum atomic E-state index is 0.194. The summed E-state index contributed by atoms with van der Waals surface area (Å²) in [5.41, 5.74) is 1.11. The van der Waals surface area contributed by atoms with Gasteiger partial charge in [-0.25, -0.2) is 0 Å². The molecule has 1 unspecified atom stereocenters. The molecule has 1 aliphatic rings. The van der Waals surface area contributed by atoms with Gasteiger partial charge in [-0.2, -0.15) is 0 Å². The second kappa shape index (κ2) is 6.61. The lowest BCUT2D eigenvalue weighted by atomic mass is 10.2. The van der Waals surface area contributed by atoms with Crippen molar-refractivity contribution >= 4 is 0 Å². The van der Waals surface area contributed by atoms with Gasteiger partial charge in [0.25, 0.3) is 0 Å². The summed E-state index contributed by atoms with van der Waals surface area (Å²) in [5, 5.41) is 13.0. The third kappa shape index (κ3) is 3.62. The number of aromatic hydroxyl groups is 1. The molecule has 1 aromatic carbocycles. The monoisotopic (exact) mass is 251 g/mol. The highest BCUT2D eigenvalue weighted by molar-refractivity contribution is 5.41. The van der Waals surface area contributed by atoms with Gasteiger partial charge in [0, 0.05) is 19.7 Å². The molecule has 0 spiro atoms. The molecule has 100 valence electrons. The van der Waals surface area contributed by atoms with Crippen LogP contribution in [0.25, 0.3) is 0 Å². The van der Waals surface area contributed by atoms with Crippen LogP contribution in [0.5, 0.6) is 11.5 Å². The van der Waals surface area contributed by atoms with Crippen LogP contribution in [0, 0.1) is 0 Å². The van der Waals surface area contributed by atoms with E-state index in [4.69, 9.17) is 9.47 Å². The lowest BCUT2D eigenvalue weighted by molar-refractivity contribution is 0.110. The number of hydrogen-bond acceptors (Lipinski definition) is 4. The maximum atomic E-state index is 9.60. The molecular weight excluding hydrogens is 230 g/mol. The molecule has 2 rings (SSSR count). The van der Waals surface area contributed by atoms with Crippen LogP contribution in [0.4, 0.5) is 0 Å². The Kier molecular flexibility index (Phi) is 4.84. The zero-order chi connectivity index (χ0) is 12.8. The Morgan fingerprint density at radius 1 is 1.50 bits per heavy atom. The first kappa shape index (κ1) is 13.2. The van der Waals surface area contributed by atoms with Gasteiger partial charge >= 0.3 is 0 Å². The minimum absolute atomic E-state index is 0.194. The Hall–Kier alpha value is -1.26. The van der Waals surface area contributed by atoms with E-state index in [1.807, 2.05) is 19.1 Å². The van der Waals surface area contributed by atoms with Crippen LogP contribution in [-0.2, 0) is 11.3 Å². The summed E-state index contributed by atoms with van der Waals surface area (Å²) in [5.74, 6) is 0.744. The van der Waals surface area contributed by atoms with Gasteiger partial charge in [-0.3, -0.25) is 0 Å². The summed E-state index contributed by atoms with van der Waals surface area (Å²) >= 11 is 0. The lowest BCUT2D eigenvalue weighted by Gasteiger charge is -2.12. The predicted molar refractivity (Wildman–Crippen MR) is 70.0 cm³/mol. The topological polar surface area (TPSA) is 50.7 Å². The van der Waals surface area contributed by atoms with Crippen molar-refractivity contribution < 1.29 is 14.6 Å². The second-order valence-electron chi connectivity index (χ2n) is 4.50. The number of phenols is 1. The molecule has 1 heterocycles. The fourth-order valence-electron chi connectivity index (χ4n) is 2.12. The molecule has 1 saturated heterocycles. The number of benzene rings is 1. The quantitative estimate of drug-likeness (QED) is 0.812. The Bertz CT molecular complexity index is 375. The normalized spacial score (nSPS) is 19.1. The van der Waals surface area contributed by atoms with E-state index in [0.717, 1.165) is 31.7 Å². The van der Waals surface area contributed by atoms with Crippen LogP contribution in [-0.4, -0.2) is 31.0 Å². The fourth-order valence-corrected chi connectivity index (χ4v) is 2.12. The first-order chi connectivity index (χ1) is 8.79. The van der Waals surface area contributed by atoms with Gasteiger partial charge in [-0.15, -0.1) is 0 Å². The van der Waals surface area contributed by atoms with Crippen LogP contribution in [0.3, 0.4) is 0 Å². The summed E-state index contributed by atoms with van der Waals surface area (Å²) in [4.78, 5) is 0. The van der Waals surface area contributed by atoms with Crippen molar-refractivity contribution in [3.63, 3.8) is 0 Å². The lowest BCUT2D eigenvalue weighted by Crippen LogP contribution is -2.25. The number of ether oxygens (including phenoxy) is 2. The van der Waals surface area contributed by atoms with Crippen LogP contribution in [0.1, 0.15) is 25.3 Å². The first-order valence-corrected chi connectivity index (χ1v) is 6.56. The first-order valence-electron chi connectivity index (χ1n) is 6.56. The molecule has 1 aromatic rings. The van der Waals surface area contributed by atoms with Crippen molar-refractivity contribution in [3.05, 3.63) is 23.8 Å². The Balaban J connectivity index is 1.82. The second-order valence-corrected chi connectivity index (χ2v) is 4.50. The maximum Gasteiger partial charge on any atom is 0.161 e. The predicted octanol–water partition coefficient (Wildman–Crippen LogP) is 2.06. The van der Waals surface area contributed by atoms with Crippen molar-refractivity contribution in [2.45, 2.75) is 32.4 Å². The van der Waals surface area contributed by atoms with Crippen molar-refractivity contribution in [3.8, 4) is 11.5 Å². The number of nitrogens with one attached hydrogen (secondary N) is 1. The molecule has 4 heteroatoms. The zero-order valence-electron chi connectivity index (χ0n) is 10.8. The van der Waals surface area contributed by atoms with Gasteiger partial charge in [0.15, 0.2) is 11.5 Å². The summed E-state index contributed by atoms with van der Waals surface area (Å²) in [6.45, 7) is 4.99. The van der Waals surface area contributed by atoms with E-state index in [9.17, 15) is 5.11 Å². The number of rotatable bonds is 6. The van der Waals surface area contributed by atoms with Crippen LogP contribution < -0.4 is 10.1 Å². The third-order valence-corrected chi connectivity index (χ3v) is 3.05. The molecule has 4 nitrogen and oxygen atoms in total. The molecule has 0 radical (unpaired) electrons. The summed E-state index contributed by atoms with van der Waals surface area (Å²) < 4.78 is 10.9. The highest BCUT2D eigenvalue weighted by Gasteiger charge is 2.14. The average Bonchev–Trinajstić information content (AvgIpc) is 2.87. The molecule has 1 atom stereocenters. The summed E-state index contributed by atoms with van der Waals surface area (Å²) in [6, 6.07) is 5.45. The average molecular weight is 251 g/mol. The van der Waals surface area contributed by atoms with Crippen LogP contribution >= 0.6 is 0 Å². The van der Waals surface area contributed by atoms with Gasteiger partial charge in [0.2, 0.25) is 0 Å². The Labute approximate surface area is 108 Å².